The van der Waals surface area contributed by atoms with Gasteiger partial charge in [0.2, 0.25) is 5.91 Å². The average molecular weight is 524 g/mol. The van der Waals surface area contributed by atoms with Crippen molar-refractivity contribution in [2.45, 2.75) is 38.1 Å². The van der Waals surface area contributed by atoms with Gasteiger partial charge in [0.05, 0.1) is 6.20 Å². The Labute approximate surface area is 219 Å². The van der Waals surface area contributed by atoms with Gasteiger partial charge in [0.25, 0.3) is 0 Å². The van der Waals surface area contributed by atoms with Crippen molar-refractivity contribution in [3.8, 4) is 22.3 Å². The first-order chi connectivity index (χ1) is 17.3. The molecule has 186 valence electrons. The zero-order valence-corrected chi connectivity index (χ0v) is 21.7. The van der Waals surface area contributed by atoms with Crippen molar-refractivity contribution in [2.24, 2.45) is 5.92 Å². The Morgan fingerprint density at radius 3 is 2.11 bits per heavy atom. The number of carbonyl (C=O) groups is 1. The number of carbonyl (C=O) groups excluding carboxylic acids is 1. The molecule has 36 heavy (non-hydrogen) atoms. The zero-order chi connectivity index (χ0) is 25.4. The number of halogens is 2. The Morgan fingerprint density at radius 2 is 1.53 bits per heavy atom. The molecule has 0 radical (unpaired) electrons. The van der Waals surface area contributed by atoms with E-state index >= 15 is 0 Å². The first-order valence-electron chi connectivity index (χ1n) is 12.1. The molecule has 1 fully saturated rings. The van der Waals surface area contributed by atoms with Crippen molar-refractivity contribution in [1.82, 2.24) is 24.3 Å². The van der Waals surface area contributed by atoms with Gasteiger partial charge in [-0.1, -0.05) is 66.7 Å². The minimum Gasteiger partial charge on any atom is -0.347 e. The van der Waals surface area contributed by atoms with E-state index in [-0.39, 0.29) is 11.8 Å². The van der Waals surface area contributed by atoms with E-state index in [1.54, 1.807) is 37.3 Å². The fourth-order valence-corrected chi connectivity index (χ4v) is 5.34. The molecule has 9 heteroatoms. The molecular weight excluding hydrogens is 497 g/mol. The molecule has 4 aromatic rings. The highest BCUT2D eigenvalue weighted by Crippen LogP contribution is 2.37. The van der Waals surface area contributed by atoms with Gasteiger partial charge >= 0.3 is 5.69 Å². The maximum atomic E-state index is 13.7. The third-order valence-electron chi connectivity index (χ3n) is 6.92. The van der Waals surface area contributed by atoms with E-state index in [1.807, 2.05) is 36.4 Å². The van der Waals surface area contributed by atoms with E-state index in [4.69, 9.17) is 28.3 Å². The van der Waals surface area contributed by atoms with Crippen LogP contribution in [0.1, 0.15) is 38.1 Å². The third-order valence-corrected chi connectivity index (χ3v) is 7.42. The van der Waals surface area contributed by atoms with Crippen molar-refractivity contribution < 1.29 is 4.79 Å². The lowest BCUT2D eigenvalue weighted by atomic mass is 9.83. The molecular formula is C27H27Cl2N5O2. The Bertz CT molecular complexity index is 1450. The SMILES string of the molecule is CN(C)C(=O)C(C1CCCCC1)n1nc2c(-c3ccc(Cl)cc3)c(-c3ccc(Cl)cc3)cnn2c1=O. The van der Waals surface area contributed by atoms with Crippen molar-refractivity contribution in [2.75, 3.05) is 14.1 Å². The van der Waals surface area contributed by atoms with Crippen LogP contribution in [0.25, 0.3) is 27.9 Å². The predicted molar refractivity (Wildman–Crippen MR) is 142 cm³/mol. The standard InChI is InChI=1S/C27H27Cl2N5O2/c1-32(2)26(35)24(19-6-4-3-5-7-19)33-27(36)34-25(31-33)23(18-10-14-21(29)15-11-18)22(16-30-34)17-8-12-20(28)13-9-17/h8-16,19,24H,3-7H2,1-2H3. The summed E-state index contributed by atoms with van der Waals surface area (Å²) in [6.07, 6.45) is 6.66. The Hall–Kier alpha value is -3.16. The minimum absolute atomic E-state index is 0.0472. The molecule has 1 atom stereocenters. The molecule has 0 bridgehead atoms. The van der Waals surface area contributed by atoms with E-state index in [2.05, 4.69) is 5.10 Å². The molecule has 1 saturated carbocycles. The second kappa shape index (κ2) is 10.1. The third kappa shape index (κ3) is 4.53. The van der Waals surface area contributed by atoms with Crippen molar-refractivity contribution in [3.05, 3.63) is 75.3 Å². The lowest BCUT2D eigenvalue weighted by Gasteiger charge is -2.30. The summed E-state index contributed by atoms with van der Waals surface area (Å²) in [7, 11) is 3.43. The largest absolute Gasteiger partial charge is 0.367 e. The summed E-state index contributed by atoms with van der Waals surface area (Å²) in [6.45, 7) is 0. The number of hydrogen-bond acceptors (Lipinski definition) is 4. The van der Waals surface area contributed by atoms with Crippen molar-refractivity contribution in [1.29, 1.82) is 0 Å². The smallest absolute Gasteiger partial charge is 0.347 e. The van der Waals surface area contributed by atoms with Crippen molar-refractivity contribution >= 4 is 34.8 Å². The Balaban J connectivity index is 1.76. The molecule has 0 saturated heterocycles. The number of likely N-dealkylation sites (N-methyl/N-ethyl adjacent to an activating group) is 1. The summed E-state index contributed by atoms with van der Waals surface area (Å²) in [5, 5.41) is 10.5. The first-order valence-corrected chi connectivity index (χ1v) is 12.8. The van der Waals surface area contributed by atoms with Crippen LogP contribution in [-0.4, -0.2) is 44.3 Å². The van der Waals surface area contributed by atoms with Crippen LogP contribution in [0.5, 0.6) is 0 Å². The molecule has 0 spiro atoms. The van der Waals surface area contributed by atoms with E-state index in [1.165, 1.54) is 9.20 Å². The van der Waals surface area contributed by atoms with E-state index < -0.39 is 11.7 Å². The van der Waals surface area contributed by atoms with Crippen LogP contribution in [0.2, 0.25) is 10.0 Å². The van der Waals surface area contributed by atoms with Crippen LogP contribution in [-0.2, 0) is 4.79 Å². The van der Waals surface area contributed by atoms with E-state index in [0.717, 1.165) is 54.4 Å². The molecule has 2 aromatic heterocycles. The van der Waals surface area contributed by atoms with Gasteiger partial charge in [0.1, 0.15) is 6.04 Å². The van der Waals surface area contributed by atoms with Gasteiger partial charge in [-0.15, -0.1) is 5.10 Å². The monoisotopic (exact) mass is 523 g/mol. The van der Waals surface area contributed by atoms with Gasteiger partial charge in [0, 0.05) is 35.3 Å². The second-order valence-corrected chi connectivity index (χ2v) is 10.4. The van der Waals surface area contributed by atoms with E-state index in [0.29, 0.717) is 15.7 Å². The Morgan fingerprint density at radius 1 is 0.944 bits per heavy atom. The number of aromatic nitrogens is 4. The molecule has 1 unspecified atom stereocenters. The molecule has 0 N–H and O–H groups in total. The zero-order valence-electron chi connectivity index (χ0n) is 20.2. The van der Waals surface area contributed by atoms with Crippen LogP contribution in [0.15, 0.2) is 59.5 Å². The summed E-state index contributed by atoms with van der Waals surface area (Å²) < 4.78 is 2.65. The highest BCUT2D eigenvalue weighted by Gasteiger charge is 2.35. The number of fused-ring (bicyclic) bond motifs is 1. The van der Waals surface area contributed by atoms with Crippen LogP contribution in [0.3, 0.4) is 0 Å². The Kier molecular flexibility index (Phi) is 6.86. The summed E-state index contributed by atoms with van der Waals surface area (Å²) in [4.78, 5) is 28.6. The van der Waals surface area contributed by atoms with Crippen LogP contribution < -0.4 is 5.69 Å². The molecule has 2 aromatic carbocycles. The fourth-order valence-electron chi connectivity index (χ4n) is 5.09. The fraction of sp³-hybridized carbons (Fsp3) is 0.333. The molecule has 1 aliphatic rings. The summed E-state index contributed by atoms with van der Waals surface area (Å²) in [5.41, 5.74) is 3.22. The predicted octanol–water partition coefficient (Wildman–Crippen LogP) is 5.74. The minimum atomic E-state index is -0.674. The second-order valence-electron chi connectivity index (χ2n) is 9.49. The van der Waals surface area contributed by atoms with Crippen molar-refractivity contribution in [3.63, 3.8) is 0 Å². The number of amides is 1. The molecule has 1 aliphatic carbocycles. The topological polar surface area (TPSA) is 72.5 Å². The summed E-state index contributed by atoms with van der Waals surface area (Å²) >= 11 is 12.3. The number of benzene rings is 2. The highest BCUT2D eigenvalue weighted by atomic mass is 35.5. The molecule has 0 aliphatic heterocycles. The van der Waals surface area contributed by atoms with Crippen LogP contribution >= 0.6 is 23.2 Å². The number of hydrogen-bond donors (Lipinski definition) is 0. The van der Waals surface area contributed by atoms with Gasteiger partial charge in [-0.3, -0.25) is 4.79 Å². The van der Waals surface area contributed by atoms with Crippen LogP contribution in [0.4, 0.5) is 0 Å². The van der Waals surface area contributed by atoms with Gasteiger partial charge in [0.15, 0.2) is 5.65 Å². The molecule has 7 nitrogen and oxygen atoms in total. The van der Waals surface area contributed by atoms with Gasteiger partial charge in [-0.05, 0) is 54.2 Å². The summed E-state index contributed by atoms with van der Waals surface area (Å²) in [5.74, 6) is -0.0793. The molecule has 5 rings (SSSR count). The normalized spacial score (nSPS) is 15.2. The lowest BCUT2D eigenvalue weighted by molar-refractivity contribution is -0.134. The quantitative estimate of drug-likeness (QED) is 0.334. The molecule has 1 amide bonds. The van der Waals surface area contributed by atoms with Crippen LogP contribution in [0, 0.1) is 5.92 Å². The lowest BCUT2D eigenvalue weighted by Crippen LogP contribution is -2.41. The molecule has 2 heterocycles. The average Bonchev–Trinajstić information content (AvgIpc) is 3.21. The maximum Gasteiger partial charge on any atom is 0.367 e. The first kappa shape index (κ1) is 24.5. The number of rotatable bonds is 5. The van der Waals surface area contributed by atoms with Gasteiger partial charge < -0.3 is 4.90 Å². The maximum absolute atomic E-state index is 13.7. The van der Waals surface area contributed by atoms with Gasteiger partial charge in [-0.2, -0.15) is 14.3 Å². The summed E-state index contributed by atoms with van der Waals surface area (Å²) in [6, 6.07) is 14.2. The van der Waals surface area contributed by atoms with Gasteiger partial charge in [-0.25, -0.2) is 4.79 Å². The van der Waals surface area contributed by atoms with E-state index in [9.17, 15) is 9.59 Å². The number of nitrogens with zero attached hydrogens (tertiary/aromatic N) is 5. The highest BCUT2D eigenvalue weighted by molar-refractivity contribution is 6.31.